The Balaban J connectivity index is 1.70. The summed E-state index contributed by atoms with van der Waals surface area (Å²) < 4.78 is 29.4. The third kappa shape index (κ3) is 14.3. The number of Topliss-reactive ketones (excluding diaryl/α,β-unsaturated/α-hetero) is 3. The van der Waals surface area contributed by atoms with Gasteiger partial charge in [0.15, 0.2) is 5.78 Å². The lowest BCUT2D eigenvalue weighted by Crippen LogP contribution is -2.61. The number of cyclic esters (lactones) is 1. The molecule has 14 nitrogen and oxygen atoms in total. The van der Waals surface area contributed by atoms with Crippen LogP contribution < -0.4 is 0 Å². The molecule has 3 heterocycles. The Bertz CT molecular complexity index is 1760. The maximum absolute atomic E-state index is 14.4. The van der Waals surface area contributed by atoms with Gasteiger partial charge in [-0.15, -0.1) is 0 Å². The van der Waals surface area contributed by atoms with Gasteiger partial charge in [-0.2, -0.15) is 0 Å². The van der Waals surface area contributed by atoms with Gasteiger partial charge in [-0.1, -0.05) is 71.1 Å². The fourth-order valence-corrected chi connectivity index (χ4v) is 10.1. The van der Waals surface area contributed by atoms with Crippen LogP contribution in [0.1, 0.15) is 126 Å². The largest absolute Gasteiger partial charge is 0.460 e. The number of carbonyl (C=O) groups excluding carboxylic acids is 5. The summed E-state index contributed by atoms with van der Waals surface area (Å²) in [5.74, 6) is -7.96. The van der Waals surface area contributed by atoms with Gasteiger partial charge in [0.1, 0.15) is 30.1 Å². The third-order valence-corrected chi connectivity index (χ3v) is 14.5. The van der Waals surface area contributed by atoms with E-state index in [0.29, 0.717) is 63.4 Å². The highest BCUT2D eigenvalue weighted by molar-refractivity contribution is 6.39. The van der Waals surface area contributed by atoms with Crippen LogP contribution in [0.25, 0.3) is 0 Å². The molecule has 2 saturated heterocycles. The molecule has 366 valence electrons. The highest BCUT2D eigenvalue weighted by atomic mass is 16.6. The summed E-state index contributed by atoms with van der Waals surface area (Å²) in [7, 11) is 4.52. The normalized spacial score (nSPS) is 40.4. The van der Waals surface area contributed by atoms with Crippen LogP contribution in [-0.4, -0.2) is 132 Å². The van der Waals surface area contributed by atoms with Crippen LogP contribution in [0, 0.1) is 35.5 Å². The molecule has 0 radical (unpaired) electrons. The molecule has 1 amide bonds. The number of ether oxygens (including phenoxy) is 5. The first kappa shape index (κ1) is 54.2. The minimum atomic E-state index is -2.43. The fraction of sp³-hybridized carbons (Fsp3) is 0.745. The van der Waals surface area contributed by atoms with Crippen molar-refractivity contribution in [2.75, 3.05) is 27.9 Å². The fourth-order valence-electron chi connectivity index (χ4n) is 10.1. The molecule has 4 rings (SSSR count). The van der Waals surface area contributed by atoms with E-state index in [4.69, 9.17) is 23.7 Å². The van der Waals surface area contributed by atoms with Crippen LogP contribution in [0.15, 0.2) is 47.6 Å². The Morgan fingerprint density at radius 1 is 0.846 bits per heavy atom. The van der Waals surface area contributed by atoms with Gasteiger partial charge in [-0.05, 0) is 107 Å². The maximum Gasteiger partial charge on any atom is 0.329 e. The molecule has 1 saturated carbocycles. The minimum Gasteiger partial charge on any atom is -0.460 e. The molecular formula is C51H79NO13. The van der Waals surface area contributed by atoms with E-state index in [1.165, 1.54) is 12.0 Å². The van der Waals surface area contributed by atoms with Gasteiger partial charge in [-0.25, -0.2) is 4.79 Å². The molecule has 14 heteroatoms. The molecule has 0 spiro atoms. The van der Waals surface area contributed by atoms with E-state index in [1.807, 2.05) is 58.1 Å². The lowest BCUT2D eigenvalue weighted by Gasteiger charge is -2.42. The number of methoxy groups -OCH3 is 3. The monoisotopic (exact) mass is 914 g/mol. The SMILES string of the molecule is COC1C(=O)C(C)C[C@H](C)/C=C/C=C/C=C(\C)[C@@H](OC)C[C@@H]2CCC(C)C(O)(O2)C(=O)C(=O)N2CCCCC2C(=O)O[C@H]([C@H](C)C[C@@H]2CC[C@@H](O)[C@H](OC)C2)CC(=O)[C@H](C)/C=C(\C)[C@H]1O. The molecule has 0 aromatic heterocycles. The molecule has 5 unspecified atom stereocenters. The summed E-state index contributed by atoms with van der Waals surface area (Å²) in [4.78, 5) is 71.8. The molecule has 65 heavy (non-hydrogen) atoms. The van der Waals surface area contributed by atoms with Crippen molar-refractivity contribution in [1.29, 1.82) is 0 Å². The second-order valence-electron chi connectivity index (χ2n) is 19.6. The highest BCUT2D eigenvalue weighted by Gasteiger charge is 2.53. The van der Waals surface area contributed by atoms with Crippen LogP contribution >= 0.6 is 0 Å². The van der Waals surface area contributed by atoms with Crippen LogP contribution in [0.4, 0.5) is 0 Å². The van der Waals surface area contributed by atoms with Crippen molar-refractivity contribution in [2.45, 2.75) is 180 Å². The zero-order chi connectivity index (χ0) is 48.2. The van der Waals surface area contributed by atoms with E-state index in [1.54, 1.807) is 41.1 Å². The molecule has 4 aliphatic rings. The number of piperidine rings is 1. The molecule has 3 N–H and O–H groups in total. The number of rotatable bonds is 6. The van der Waals surface area contributed by atoms with Crippen LogP contribution in [-0.2, 0) is 47.7 Å². The van der Waals surface area contributed by atoms with Crippen LogP contribution in [0.2, 0.25) is 0 Å². The third-order valence-electron chi connectivity index (χ3n) is 14.5. The van der Waals surface area contributed by atoms with Crippen molar-refractivity contribution >= 4 is 29.2 Å². The van der Waals surface area contributed by atoms with Gasteiger partial charge in [-0.3, -0.25) is 19.2 Å². The number of aliphatic hydroxyl groups is 3. The van der Waals surface area contributed by atoms with Gasteiger partial charge < -0.3 is 43.9 Å². The van der Waals surface area contributed by atoms with Crippen molar-refractivity contribution in [2.24, 2.45) is 35.5 Å². The van der Waals surface area contributed by atoms with Gasteiger partial charge >= 0.3 is 5.97 Å². The summed E-state index contributed by atoms with van der Waals surface area (Å²) in [6.45, 7) is 12.7. The van der Waals surface area contributed by atoms with Crippen LogP contribution in [0.5, 0.6) is 0 Å². The predicted molar refractivity (Wildman–Crippen MR) is 245 cm³/mol. The van der Waals surface area contributed by atoms with Gasteiger partial charge in [0, 0.05) is 58.5 Å². The summed E-state index contributed by atoms with van der Waals surface area (Å²) in [6.07, 6.45) is 11.2. The summed E-state index contributed by atoms with van der Waals surface area (Å²) in [5.41, 5.74) is 1.27. The predicted octanol–water partition coefficient (Wildman–Crippen LogP) is 6.18. The topological polar surface area (TPSA) is 195 Å². The number of amides is 1. The van der Waals surface area contributed by atoms with Gasteiger partial charge in [0.05, 0.1) is 24.4 Å². The average molecular weight is 914 g/mol. The summed E-state index contributed by atoms with van der Waals surface area (Å²) >= 11 is 0. The van der Waals surface area contributed by atoms with Crippen molar-refractivity contribution in [3.8, 4) is 0 Å². The molecule has 15 atom stereocenters. The maximum atomic E-state index is 14.4. The smallest absolute Gasteiger partial charge is 0.329 e. The number of fused-ring (bicyclic) bond motifs is 3. The van der Waals surface area contributed by atoms with E-state index in [9.17, 15) is 39.3 Å². The van der Waals surface area contributed by atoms with E-state index < -0.39 is 83.9 Å². The standard InChI is InChI=1S/C51H79NO13/c1-30-16-12-11-13-17-31(2)42(61-8)28-38-21-19-36(7)51(60,65-38)48(57)49(58)52-23-15-14-18-39(52)50(59)64-43(33(4)26-37-20-22-40(53)44(27-37)62-9)29-41(54)32(3)25-35(6)46(56)47(63-10)45(55)34(5)24-30/h11-13,16-17,25,30,32-34,36-40,42-44,46-47,53,56,60H,14-15,18-24,26-29H2,1-10H3/b13-11+,16-12+,31-17+,35-25+/t30-,32-,33-,34?,36?,37+,38+,39?,40-,42+,43+,44-,46-,47?,51?/m1/s1. The molecule has 3 aliphatic heterocycles. The molecule has 2 bridgehead atoms. The molecule has 1 aliphatic carbocycles. The molecule has 0 aromatic rings. The summed E-state index contributed by atoms with van der Waals surface area (Å²) in [5, 5.41) is 33.8. The van der Waals surface area contributed by atoms with E-state index in [-0.39, 0.29) is 54.8 Å². The van der Waals surface area contributed by atoms with E-state index >= 15 is 0 Å². The number of allylic oxidation sites excluding steroid dienone is 6. The first-order chi connectivity index (χ1) is 30.7. The zero-order valence-electron chi connectivity index (χ0n) is 40.6. The Labute approximate surface area is 387 Å². The lowest BCUT2D eigenvalue weighted by molar-refractivity contribution is -0.265. The number of esters is 1. The van der Waals surface area contributed by atoms with E-state index in [2.05, 4.69) is 0 Å². The average Bonchev–Trinajstić information content (AvgIpc) is 3.28. The number of ketones is 3. The zero-order valence-corrected chi connectivity index (χ0v) is 40.6. The lowest BCUT2D eigenvalue weighted by atomic mass is 9.78. The van der Waals surface area contributed by atoms with Gasteiger partial charge in [0.25, 0.3) is 11.7 Å². The van der Waals surface area contributed by atoms with Crippen LogP contribution in [0.3, 0.4) is 0 Å². The molecule has 3 fully saturated rings. The van der Waals surface area contributed by atoms with Gasteiger partial charge in [0.2, 0.25) is 5.79 Å². The second-order valence-corrected chi connectivity index (χ2v) is 19.6. The Kier molecular flexibility index (Phi) is 21.0. The Morgan fingerprint density at radius 2 is 1.57 bits per heavy atom. The Hall–Kier alpha value is -3.37. The quantitative estimate of drug-likeness (QED) is 0.156. The van der Waals surface area contributed by atoms with Crippen molar-refractivity contribution in [1.82, 2.24) is 4.90 Å². The van der Waals surface area contributed by atoms with Crippen molar-refractivity contribution < 1.29 is 63.0 Å². The van der Waals surface area contributed by atoms with Crippen molar-refractivity contribution in [3.05, 3.63) is 47.6 Å². The summed E-state index contributed by atoms with van der Waals surface area (Å²) in [6, 6.07) is -1.14. The number of hydrogen-bond acceptors (Lipinski definition) is 13. The van der Waals surface area contributed by atoms with E-state index in [0.717, 1.165) is 12.0 Å². The van der Waals surface area contributed by atoms with Crippen molar-refractivity contribution in [3.63, 3.8) is 0 Å². The minimum absolute atomic E-state index is 0.0193. The Morgan fingerprint density at radius 3 is 2.25 bits per heavy atom. The highest BCUT2D eigenvalue weighted by Crippen LogP contribution is 2.38. The number of aliphatic hydroxyl groups excluding tert-OH is 2. The first-order valence-corrected chi connectivity index (χ1v) is 23.9. The number of nitrogens with zero attached hydrogens (tertiary/aromatic N) is 1. The number of hydrogen-bond donors (Lipinski definition) is 3. The molecular weight excluding hydrogens is 835 g/mol. The second kappa shape index (κ2) is 25.1. The molecule has 0 aromatic carbocycles. The first-order valence-electron chi connectivity index (χ1n) is 23.9. The number of carbonyl (C=O) groups is 5.